The summed E-state index contributed by atoms with van der Waals surface area (Å²) in [5.41, 5.74) is 0. The Hall–Kier alpha value is -3.34. The van der Waals surface area contributed by atoms with Crippen LogP contribution < -0.4 is 0 Å². The van der Waals surface area contributed by atoms with Crippen LogP contribution in [0.4, 0.5) is 0 Å². The molecule has 6 saturated heterocycles. The zero-order valence-corrected chi connectivity index (χ0v) is 52.7. The summed E-state index contributed by atoms with van der Waals surface area (Å²) in [5.74, 6) is -7.21. The highest BCUT2D eigenvalue weighted by Gasteiger charge is 2.63. The number of carbonyl (C=O) groups is 3. The molecule has 6 fully saturated rings. The van der Waals surface area contributed by atoms with E-state index >= 15 is 0 Å². The number of ether oxygens (including phenoxy) is 11. The van der Waals surface area contributed by atoms with E-state index in [1.165, 1.54) is 0 Å². The van der Waals surface area contributed by atoms with E-state index in [1.807, 2.05) is 0 Å². The first-order chi connectivity index (χ1) is 44.7. The van der Waals surface area contributed by atoms with Gasteiger partial charge in [-0.3, -0.25) is 31.9 Å². The quantitative estimate of drug-likeness (QED) is 0.0297. The predicted octanol–water partition coefficient (Wildman–Crippen LogP) is -15.0. The van der Waals surface area contributed by atoms with Crippen molar-refractivity contribution in [3.63, 3.8) is 0 Å². The molecular formula is C36H56O55S7. The maximum atomic E-state index is 13.1. The lowest BCUT2D eigenvalue weighted by molar-refractivity contribution is -0.388. The molecule has 55 nitrogen and oxygen atoms in total. The van der Waals surface area contributed by atoms with E-state index in [0.717, 1.165) is 0 Å². The van der Waals surface area contributed by atoms with Gasteiger partial charge in [0.15, 0.2) is 74.4 Å². The van der Waals surface area contributed by atoms with Crippen molar-refractivity contribution in [1.29, 1.82) is 0 Å². The first kappa shape index (κ1) is 83.6. The van der Waals surface area contributed by atoms with Crippen molar-refractivity contribution in [3.05, 3.63) is 0 Å². The van der Waals surface area contributed by atoms with Gasteiger partial charge < -0.3 is 118 Å². The lowest BCUT2D eigenvalue weighted by Gasteiger charge is -2.50. The van der Waals surface area contributed by atoms with E-state index in [0.29, 0.717) is 0 Å². The van der Waals surface area contributed by atoms with Gasteiger partial charge in [0.2, 0.25) is 0 Å². The predicted molar refractivity (Wildman–Crippen MR) is 274 cm³/mol. The van der Waals surface area contributed by atoms with E-state index < -0.39 is 295 Å². The molecular weight excluding hydrogens is 1540 g/mol. The third kappa shape index (κ3) is 21.6. The van der Waals surface area contributed by atoms with E-state index in [1.54, 1.807) is 0 Å². The molecule has 0 aliphatic carbocycles. The Morgan fingerprint density at radius 1 is 0.265 bits per heavy atom. The van der Waals surface area contributed by atoms with Gasteiger partial charge in [0.1, 0.15) is 110 Å². The van der Waals surface area contributed by atoms with Crippen molar-refractivity contribution in [2.24, 2.45) is 0 Å². The van der Waals surface area contributed by atoms with Crippen LogP contribution >= 0.6 is 0 Å². The molecule has 1 unspecified atom stereocenters. The number of hydrogen-bond donors (Lipinski definition) is 20. The zero-order valence-electron chi connectivity index (χ0n) is 47.0. The average Bonchev–Trinajstić information content (AvgIpc) is 0.766. The molecule has 0 radical (unpaired) electrons. The molecule has 0 aromatic carbocycles. The van der Waals surface area contributed by atoms with Crippen molar-refractivity contribution < 1.29 is 253 Å². The summed E-state index contributed by atoms with van der Waals surface area (Å²) in [4.78, 5) is 38.2. The Morgan fingerprint density at radius 2 is 0.480 bits per heavy atom. The lowest BCUT2D eigenvalue weighted by Crippen LogP contribution is -2.70. The van der Waals surface area contributed by atoms with E-state index in [2.05, 4.69) is 29.3 Å². The smallest absolute Gasteiger partial charge is 0.397 e. The Morgan fingerprint density at radius 3 is 0.745 bits per heavy atom. The van der Waals surface area contributed by atoms with E-state index in [9.17, 15) is 172 Å². The van der Waals surface area contributed by atoms with Crippen molar-refractivity contribution in [2.45, 2.75) is 184 Å². The van der Waals surface area contributed by atoms with Crippen molar-refractivity contribution in [3.8, 4) is 0 Å². The highest BCUT2D eigenvalue weighted by molar-refractivity contribution is 7.82. The number of hydrogen-bond acceptors (Lipinski definition) is 45. The SMILES string of the molecule is O=C(O)[C@@H]1O[C@@H](O[C@@H]2[C@@H](O)[C@H](O[C@H]3[C@H](O)[C@@H](OS(=O)(=O)O)[C@H](O[C@@H]4[C@@H](O)[C@H](O[C@H]5[C@H](O)[C@@H](OS(=O)(=O)O)C(O)O[C@H]5C(=O)O)O[C@H](CO)[C@H]4OS(=O)(=O)O)O[C@H]3C(=O)O)O[C@H](CO)[C@H]2OS(=O)(=O)O)[C@H](OS(=O)(=O)O)[C@@H](O)[C@@H]1O[C@@H]1O[C@H](CO)[C@@H](OS(=O)(=O)O)[C@H](OS(=O)(=O)O)[C@H]1O. The summed E-state index contributed by atoms with van der Waals surface area (Å²) in [7, 11) is -41.9. The lowest BCUT2D eigenvalue weighted by atomic mass is 9.95. The average molecular weight is 1590 g/mol. The maximum absolute atomic E-state index is 13.1. The van der Waals surface area contributed by atoms with Gasteiger partial charge >= 0.3 is 90.7 Å². The van der Waals surface area contributed by atoms with Gasteiger partial charge in [-0.2, -0.15) is 58.9 Å². The fraction of sp³-hybridized carbons (Fsp3) is 0.917. The largest absolute Gasteiger partial charge is 0.479 e. The second kappa shape index (κ2) is 31.9. The minimum absolute atomic E-state index is 1.60. The van der Waals surface area contributed by atoms with Gasteiger partial charge in [0.05, 0.1) is 19.8 Å². The normalized spacial score (nSPS) is 41.3. The highest BCUT2D eigenvalue weighted by Crippen LogP contribution is 2.41. The fourth-order valence-corrected chi connectivity index (χ4v) is 13.6. The molecule has 0 saturated carbocycles. The van der Waals surface area contributed by atoms with Crippen molar-refractivity contribution >= 4 is 90.7 Å². The monoisotopic (exact) mass is 1590 g/mol. The summed E-state index contributed by atoms with van der Waals surface area (Å²) >= 11 is 0. The van der Waals surface area contributed by atoms with Gasteiger partial charge in [-0.05, 0) is 0 Å². The molecule has 20 N–H and O–H groups in total. The molecule has 0 aromatic rings. The topological polar surface area (TPSA) is 861 Å². The minimum atomic E-state index is -6.23. The Kier molecular flexibility index (Phi) is 27.3. The molecule has 0 spiro atoms. The van der Waals surface area contributed by atoms with Gasteiger partial charge in [-0.15, -0.1) is 0 Å². The van der Waals surface area contributed by atoms with Crippen LogP contribution in [-0.2, 0) is 169 Å². The summed E-state index contributed by atoms with van der Waals surface area (Å²) in [5, 5.41) is 140. The molecule has 0 bridgehead atoms. The summed E-state index contributed by atoms with van der Waals surface area (Å²) in [6.07, 6.45) is -89.3. The van der Waals surface area contributed by atoms with Crippen LogP contribution in [0.1, 0.15) is 0 Å². The Balaban J connectivity index is 1.38. The van der Waals surface area contributed by atoms with Crippen LogP contribution in [0.15, 0.2) is 0 Å². The third-order valence-electron chi connectivity index (χ3n) is 13.8. The molecule has 6 rings (SSSR count). The van der Waals surface area contributed by atoms with Crippen molar-refractivity contribution in [1.82, 2.24) is 0 Å². The van der Waals surface area contributed by atoms with Gasteiger partial charge in [-0.1, -0.05) is 0 Å². The van der Waals surface area contributed by atoms with Gasteiger partial charge in [0.25, 0.3) is 0 Å². The Labute approximate surface area is 545 Å². The number of aliphatic hydroxyl groups excluding tert-OH is 10. The molecule has 6 heterocycles. The highest BCUT2D eigenvalue weighted by atomic mass is 32.3. The third-order valence-corrected chi connectivity index (χ3v) is 17.0. The van der Waals surface area contributed by atoms with Crippen molar-refractivity contribution in [2.75, 3.05) is 19.8 Å². The van der Waals surface area contributed by atoms with E-state index in [-0.39, 0.29) is 0 Å². The summed E-state index contributed by atoms with van der Waals surface area (Å²) in [6, 6.07) is 0. The molecule has 0 aromatic heterocycles. The molecule has 572 valence electrons. The van der Waals surface area contributed by atoms with E-state index in [4.69, 9.17) is 52.1 Å². The second-order valence-corrected chi connectivity index (χ2v) is 27.7. The number of aliphatic hydroxyl groups is 10. The zero-order chi connectivity index (χ0) is 74.4. The van der Waals surface area contributed by atoms with Gasteiger partial charge in [-0.25, -0.2) is 43.7 Å². The van der Waals surface area contributed by atoms with Gasteiger partial charge in [0, 0.05) is 0 Å². The minimum Gasteiger partial charge on any atom is -0.479 e. The number of carboxylic acid groups (broad SMARTS) is 3. The van der Waals surface area contributed by atoms with Crippen LogP contribution in [-0.4, -0.2) is 379 Å². The molecule has 98 heavy (non-hydrogen) atoms. The van der Waals surface area contributed by atoms with Crippen LogP contribution in [0.5, 0.6) is 0 Å². The van der Waals surface area contributed by atoms with Crippen LogP contribution in [0.25, 0.3) is 0 Å². The second-order valence-electron chi connectivity index (χ2n) is 20.4. The number of rotatable bonds is 30. The molecule has 62 heteroatoms. The van der Waals surface area contributed by atoms with Crippen LogP contribution in [0, 0.1) is 0 Å². The standard InChI is InChI=1S/C36H56O55S7/c37-1-4-13(85-92(53,54)55)19(10(43)32(74-4)78-16-7(40)22(89-96(65,66)67)31(52)77-25(16)28(46)47)81-35-23(90-97(68,69)70)8(41)17(26(83-35)29(48)49)79-33-11(44)20(14(5(2-38)75-33)86-93(56,57)58)82-36-24(91-98(71,72)73)9(42)18(27(84-36)30(50)51)80-34-12(45)21(88-95(62,63)64)15(6(3-39)76-34)87-94(59,60)61/h4-27,31-45,52H,1-3H2,(H,46,47)(H,48,49)(H,50,51)(H,53,54,55)(H,56,57,58)(H,59,60,61)(H,62,63,64)(H,65,66,67)(H,68,69,70)(H,71,72,73)/t4-,5-,6-,7+,8+,9+,10-,11-,12-,13-,14-,15-,16+,17+,18+,19-,20-,21-,22-,23-,24-,25-,26-,27-,31?,32+,33+,34+,35-,36-/m1/s1. The Bertz CT molecular complexity index is 3610. The number of carboxylic acids is 3. The first-order valence-electron chi connectivity index (χ1n) is 25.7. The molecule has 6 aliphatic heterocycles. The summed E-state index contributed by atoms with van der Waals surface area (Å²) in [6.45, 7) is -5.02. The molecule has 0 amide bonds. The van der Waals surface area contributed by atoms with Crippen LogP contribution in [0.2, 0.25) is 0 Å². The number of aliphatic carboxylic acids is 3. The maximum Gasteiger partial charge on any atom is 0.397 e. The van der Waals surface area contributed by atoms with Crippen LogP contribution in [0.3, 0.4) is 0 Å². The first-order valence-corrected chi connectivity index (χ1v) is 35.3. The fourth-order valence-electron chi connectivity index (χ4n) is 10.1. The molecule has 30 atom stereocenters. The summed E-state index contributed by atoms with van der Waals surface area (Å²) < 4.78 is 323. The molecule has 6 aliphatic rings.